The normalized spacial score (nSPS) is 11.2. The van der Waals surface area contributed by atoms with E-state index in [2.05, 4.69) is 5.32 Å². The third kappa shape index (κ3) is 5.94. The van der Waals surface area contributed by atoms with E-state index in [1.54, 1.807) is 24.3 Å². The van der Waals surface area contributed by atoms with Crippen LogP contribution in [0.5, 0.6) is 5.75 Å². The summed E-state index contributed by atoms with van der Waals surface area (Å²) in [5, 5.41) is 2.61. The molecule has 0 aliphatic carbocycles. The van der Waals surface area contributed by atoms with Crippen LogP contribution >= 0.6 is 0 Å². The van der Waals surface area contributed by atoms with E-state index in [9.17, 15) is 19.2 Å². The minimum absolute atomic E-state index is 0.0776. The van der Waals surface area contributed by atoms with E-state index < -0.39 is 23.9 Å². The lowest BCUT2D eigenvalue weighted by Gasteiger charge is -2.14. The van der Waals surface area contributed by atoms with Crippen molar-refractivity contribution in [3.8, 4) is 5.75 Å². The van der Waals surface area contributed by atoms with Crippen LogP contribution < -0.4 is 15.8 Å². The molecule has 0 aromatic heterocycles. The second kappa shape index (κ2) is 9.31. The van der Waals surface area contributed by atoms with Gasteiger partial charge in [0.05, 0.1) is 5.56 Å². The summed E-state index contributed by atoms with van der Waals surface area (Å²) in [6.07, 6.45) is -1.04. The van der Waals surface area contributed by atoms with Crippen molar-refractivity contribution in [1.29, 1.82) is 0 Å². The van der Waals surface area contributed by atoms with Crippen molar-refractivity contribution in [2.24, 2.45) is 5.73 Å². The van der Waals surface area contributed by atoms with Crippen LogP contribution in [-0.2, 0) is 14.3 Å². The summed E-state index contributed by atoms with van der Waals surface area (Å²) < 4.78 is 10.2. The van der Waals surface area contributed by atoms with Crippen LogP contribution in [0, 0.1) is 0 Å². The molecule has 0 heterocycles. The van der Waals surface area contributed by atoms with Crippen molar-refractivity contribution in [3.63, 3.8) is 0 Å². The van der Waals surface area contributed by atoms with E-state index in [4.69, 9.17) is 15.2 Å². The van der Waals surface area contributed by atoms with Crippen molar-refractivity contribution >= 4 is 29.3 Å². The first kappa shape index (κ1) is 20.6. The first-order chi connectivity index (χ1) is 13.3. The fourth-order valence-corrected chi connectivity index (χ4v) is 2.16. The van der Waals surface area contributed by atoms with Gasteiger partial charge in [0.1, 0.15) is 5.75 Å². The molecule has 0 aliphatic heterocycles. The third-order valence-corrected chi connectivity index (χ3v) is 3.68. The van der Waals surface area contributed by atoms with E-state index >= 15 is 0 Å². The second-order valence-electron chi connectivity index (χ2n) is 5.95. The van der Waals surface area contributed by atoms with Gasteiger partial charge < -0.3 is 20.5 Å². The van der Waals surface area contributed by atoms with Gasteiger partial charge in [0.25, 0.3) is 11.8 Å². The minimum Gasteiger partial charge on any atom is -0.484 e. The van der Waals surface area contributed by atoms with Crippen LogP contribution in [0.15, 0.2) is 48.5 Å². The highest BCUT2D eigenvalue weighted by molar-refractivity contribution is 5.98. The topological polar surface area (TPSA) is 125 Å². The number of benzene rings is 2. The number of anilines is 1. The molecule has 8 heteroatoms. The zero-order valence-corrected chi connectivity index (χ0v) is 15.4. The molecule has 3 N–H and O–H groups in total. The maximum atomic E-state index is 12.2. The molecule has 2 aromatic rings. The standard InChI is InChI=1S/C20H20N2O6/c1-12(23)14-3-7-16(8-4-14)22-19(25)13(2)28-20(26)15-5-9-17(10-6-15)27-11-18(21)24/h3-10,13H,11H2,1-2H3,(H2,21,24)(H,22,25)/t13-/m1/s1. The molecule has 0 fully saturated rings. The molecule has 146 valence electrons. The Morgan fingerprint density at radius 3 is 2.07 bits per heavy atom. The van der Waals surface area contributed by atoms with Crippen molar-refractivity contribution < 1.29 is 28.7 Å². The minimum atomic E-state index is -1.04. The largest absolute Gasteiger partial charge is 0.484 e. The lowest BCUT2D eigenvalue weighted by atomic mass is 10.1. The summed E-state index contributed by atoms with van der Waals surface area (Å²) in [4.78, 5) is 46.3. The zero-order valence-electron chi connectivity index (χ0n) is 15.4. The number of amides is 2. The van der Waals surface area contributed by atoms with Gasteiger partial charge in [-0.05, 0) is 62.4 Å². The third-order valence-electron chi connectivity index (χ3n) is 3.68. The van der Waals surface area contributed by atoms with E-state index in [1.165, 1.54) is 38.1 Å². The number of rotatable bonds is 8. The van der Waals surface area contributed by atoms with Gasteiger partial charge in [-0.1, -0.05) is 0 Å². The van der Waals surface area contributed by atoms with Crippen LogP contribution in [0.25, 0.3) is 0 Å². The summed E-state index contributed by atoms with van der Waals surface area (Å²) in [5.41, 5.74) is 6.21. The number of carbonyl (C=O) groups is 4. The van der Waals surface area contributed by atoms with Gasteiger partial charge in [-0.15, -0.1) is 0 Å². The number of hydrogen-bond donors (Lipinski definition) is 2. The van der Waals surface area contributed by atoms with Crippen molar-refractivity contribution in [2.75, 3.05) is 11.9 Å². The molecule has 0 aliphatic rings. The predicted molar refractivity (Wildman–Crippen MR) is 101 cm³/mol. The fourth-order valence-electron chi connectivity index (χ4n) is 2.16. The number of hydrogen-bond acceptors (Lipinski definition) is 6. The Balaban J connectivity index is 1.90. The van der Waals surface area contributed by atoms with Crippen LogP contribution in [-0.4, -0.2) is 36.3 Å². The number of esters is 1. The summed E-state index contributed by atoms with van der Waals surface area (Å²) >= 11 is 0. The highest BCUT2D eigenvalue weighted by Gasteiger charge is 2.19. The van der Waals surface area contributed by atoms with Gasteiger partial charge in [0.2, 0.25) is 0 Å². The highest BCUT2D eigenvalue weighted by atomic mass is 16.5. The highest BCUT2D eigenvalue weighted by Crippen LogP contribution is 2.15. The van der Waals surface area contributed by atoms with Crippen molar-refractivity contribution in [1.82, 2.24) is 0 Å². The number of nitrogens with one attached hydrogen (secondary N) is 1. The molecular weight excluding hydrogens is 364 g/mol. The second-order valence-corrected chi connectivity index (χ2v) is 5.95. The van der Waals surface area contributed by atoms with E-state index in [-0.39, 0.29) is 18.0 Å². The predicted octanol–water partition coefficient (Wildman–Crippen LogP) is 1.94. The molecular formula is C20H20N2O6. The number of carbonyl (C=O) groups excluding carboxylic acids is 4. The first-order valence-electron chi connectivity index (χ1n) is 8.40. The van der Waals surface area contributed by atoms with E-state index in [1.807, 2.05) is 0 Å². The summed E-state index contributed by atoms with van der Waals surface area (Å²) in [7, 11) is 0. The maximum absolute atomic E-state index is 12.2. The van der Waals surface area contributed by atoms with Gasteiger partial charge in [0, 0.05) is 11.3 Å². The SMILES string of the molecule is CC(=O)c1ccc(NC(=O)[C@@H](C)OC(=O)c2ccc(OCC(N)=O)cc2)cc1. The van der Waals surface area contributed by atoms with Crippen LogP contribution in [0.4, 0.5) is 5.69 Å². The Hall–Kier alpha value is -3.68. The van der Waals surface area contributed by atoms with Crippen LogP contribution in [0.3, 0.4) is 0 Å². The molecule has 28 heavy (non-hydrogen) atoms. The van der Waals surface area contributed by atoms with Crippen LogP contribution in [0.1, 0.15) is 34.6 Å². The van der Waals surface area contributed by atoms with E-state index in [0.29, 0.717) is 17.0 Å². The number of Topliss-reactive ketones (excluding diaryl/α,β-unsaturated/α-hetero) is 1. The molecule has 2 amide bonds. The number of ether oxygens (including phenoxy) is 2. The summed E-state index contributed by atoms with van der Waals surface area (Å²) in [5.74, 6) is -1.51. The van der Waals surface area contributed by atoms with Gasteiger partial charge in [0.15, 0.2) is 18.5 Å². The number of ketones is 1. The number of nitrogens with two attached hydrogens (primary N) is 1. The Labute approximate surface area is 161 Å². The summed E-state index contributed by atoms with van der Waals surface area (Å²) in [6.45, 7) is 2.63. The molecule has 0 spiro atoms. The fraction of sp³-hybridized carbons (Fsp3) is 0.200. The van der Waals surface area contributed by atoms with Crippen LogP contribution in [0.2, 0.25) is 0 Å². The van der Waals surface area contributed by atoms with Gasteiger partial charge in [-0.2, -0.15) is 0 Å². The molecule has 2 rings (SSSR count). The molecule has 0 unspecified atom stereocenters. The molecule has 0 saturated carbocycles. The molecule has 2 aromatic carbocycles. The van der Waals surface area contributed by atoms with Crippen molar-refractivity contribution in [2.45, 2.75) is 20.0 Å². The van der Waals surface area contributed by atoms with Gasteiger partial charge >= 0.3 is 5.97 Å². The zero-order chi connectivity index (χ0) is 20.7. The Bertz CT molecular complexity index is 875. The lowest BCUT2D eigenvalue weighted by Crippen LogP contribution is -2.30. The summed E-state index contributed by atoms with van der Waals surface area (Å²) in [6, 6.07) is 12.2. The Kier molecular flexibility index (Phi) is 6.86. The van der Waals surface area contributed by atoms with Crippen molar-refractivity contribution in [3.05, 3.63) is 59.7 Å². The Morgan fingerprint density at radius 1 is 0.964 bits per heavy atom. The quantitative estimate of drug-likeness (QED) is 0.529. The Morgan fingerprint density at radius 2 is 1.54 bits per heavy atom. The first-order valence-corrected chi connectivity index (χ1v) is 8.40. The monoisotopic (exact) mass is 384 g/mol. The molecule has 0 saturated heterocycles. The lowest BCUT2D eigenvalue weighted by molar-refractivity contribution is -0.123. The molecule has 1 atom stereocenters. The smallest absolute Gasteiger partial charge is 0.338 e. The van der Waals surface area contributed by atoms with Gasteiger partial charge in [-0.3, -0.25) is 14.4 Å². The molecule has 8 nitrogen and oxygen atoms in total. The average Bonchev–Trinajstić information content (AvgIpc) is 2.67. The molecule has 0 bridgehead atoms. The van der Waals surface area contributed by atoms with E-state index in [0.717, 1.165) is 0 Å². The van der Waals surface area contributed by atoms with Gasteiger partial charge in [-0.25, -0.2) is 4.79 Å². The maximum Gasteiger partial charge on any atom is 0.338 e. The number of primary amides is 1. The average molecular weight is 384 g/mol. The molecule has 0 radical (unpaired) electrons.